The van der Waals surface area contributed by atoms with Crippen molar-refractivity contribution in [2.24, 2.45) is 11.8 Å². The molecule has 1 saturated carbocycles. The van der Waals surface area contributed by atoms with Crippen molar-refractivity contribution in [1.29, 1.82) is 0 Å². The molecule has 1 N–H and O–H groups in total. The first-order valence-corrected chi connectivity index (χ1v) is 8.44. The quantitative estimate of drug-likeness (QED) is 0.792. The number of hydrogen-bond acceptors (Lipinski definition) is 3. The fourth-order valence-corrected chi connectivity index (χ4v) is 2.71. The van der Waals surface area contributed by atoms with E-state index in [0.29, 0.717) is 12.0 Å². The van der Waals surface area contributed by atoms with Crippen molar-refractivity contribution in [3.63, 3.8) is 0 Å². The second kappa shape index (κ2) is 7.26. The summed E-state index contributed by atoms with van der Waals surface area (Å²) >= 11 is 0. The Morgan fingerprint density at radius 3 is 2.57 bits per heavy atom. The van der Waals surface area contributed by atoms with Crippen molar-refractivity contribution in [2.45, 2.75) is 59.5 Å². The molecule has 1 aliphatic rings. The molecule has 3 heteroatoms. The third-order valence-corrected chi connectivity index (χ3v) is 4.45. The molecule has 1 fully saturated rings. The van der Waals surface area contributed by atoms with Gasteiger partial charge in [-0.05, 0) is 62.3 Å². The molecule has 0 aromatic carbocycles. The summed E-state index contributed by atoms with van der Waals surface area (Å²) in [6, 6.07) is 5.10. The Hall–Kier alpha value is -1.09. The number of pyridine rings is 1. The van der Waals surface area contributed by atoms with E-state index in [-0.39, 0.29) is 0 Å². The number of nitrogens with zero attached hydrogens (tertiary/aromatic N) is 2. The number of nitrogens with one attached hydrogen (secondary N) is 1. The van der Waals surface area contributed by atoms with Crippen LogP contribution < -0.4 is 10.2 Å². The van der Waals surface area contributed by atoms with Crippen molar-refractivity contribution < 1.29 is 0 Å². The van der Waals surface area contributed by atoms with Crippen LogP contribution in [-0.2, 0) is 13.0 Å². The summed E-state index contributed by atoms with van der Waals surface area (Å²) in [5, 5.41) is 3.54. The molecule has 118 valence electrons. The first-order valence-electron chi connectivity index (χ1n) is 8.44. The minimum atomic E-state index is 0.598. The zero-order valence-electron chi connectivity index (χ0n) is 14.3. The first kappa shape index (κ1) is 16.3. The maximum Gasteiger partial charge on any atom is 0.129 e. The van der Waals surface area contributed by atoms with Crippen molar-refractivity contribution in [1.82, 2.24) is 10.3 Å². The van der Waals surface area contributed by atoms with E-state index in [1.165, 1.54) is 24.1 Å². The normalized spacial score (nSPS) is 16.3. The van der Waals surface area contributed by atoms with Gasteiger partial charge in [-0.25, -0.2) is 4.98 Å². The van der Waals surface area contributed by atoms with Crippen LogP contribution in [-0.4, -0.2) is 24.6 Å². The topological polar surface area (TPSA) is 28.2 Å². The molecule has 0 amide bonds. The van der Waals surface area contributed by atoms with Gasteiger partial charge < -0.3 is 10.2 Å². The summed E-state index contributed by atoms with van der Waals surface area (Å²) in [7, 11) is 2.19. The minimum Gasteiger partial charge on any atom is -0.357 e. The Morgan fingerprint density at radius 1 is 1.29 bits per heavy atom. The fraction of sp³-hybridized carbons (Fsp3) is 0.722. The van der Waals surface area contributed by atoms with Gasteiger partial charge >= 0.3 is 0 Å². The van der Waals surface area contributed by atoms with Crippen LogP contribution in [0, 0.1) is 11.8 Å². The fourth-order valence-electron chi connectivity index (χ4n) is 2.71. The molecule has 0 radical (unpaired) electrons. The van der Waals surface area contributed by atoms with Crippen LogP contribution in [0.25, 0.3) is 0 Å². The maximum atomic E-state index is 4.82. The van der Waals surface area contributed by atoms with Crippen LogP contribution in [0.5, 0.6) is 0 Å². The standard InChI is InChI=1S/C18H31N3/c1-6-17-9-15(12-19-11-13(2)3)10-18(20-17)21(5)14(4)16-7-8-16/h9-10,13-14,16,19H,6-8,11-12H2,1-5H3. The van der Waals surface area contributed by atoms with Crippen LogP contribution in [0.2, 0.25) is 0 Å². The lowest BCUT2D eigenvalue weighted by Gasteiger charge is -2.27. The Bertz CT molecular complexity index is 452. The molecule has 1 aromatic rings. The molecular weight excluding hydrogens is 258 g/mol. The van der Waals surface area contributed by atoms with Gasteiger partial charge in [0.25, 0.3) is 0 Å². The maximum absolute atomic E-state index is 4.82. The van der Waals surface area contributed by atoms with Crippen LogP contribution >= 0.6 is 0 Å². The van der Waals surface area contributed by atoms with E-state index in [1.54, 1.807) is 0 Å². The van der Waals surface area contributed by atoms with Gasteiger partial charge in [-0.2, -0.15) is 0 Å². The highest BCUT2D eigenvalue weighted by molar-refractivity contribution is 5.43. The van der Waals surface area contributed by atoms with Gasteiger partial charge in [0.2, 0.25) is 0 Å². The summed E-state index contributed by atoms with van der Waals surface area (Å²) < 4.78 is 0. The van der Waals surface area contributed by atoms with Crippen molar-refractivity contribution in [3.8, 4) is 0 Å². The highest BCUT2D eigenvalue weighted by Crippen LogP contribution is 2.36. The van der Waals surface area contributed by atoms with Gasteiger partial charge in [-0.3, -0.25) is 0 Å². The zero-order valence-corrected chi connectivity index (χ0v) is 14.3. The Balaban J connectivity index is 2.08. The van der Waals surface area contributed by atoms with E-state index in [4.69, 9.17) is 4.98 Å². The molecule has 1 unspecified atom stereocenters. The predicted molar refractivity (Wildman–Crippen MR) is 90.7 cm³/mol. The molecular formula is C18H31N3. The molecule has 0 aliphatic heterocycles. The van der Waals surface area contributed by atoms with Crippen LogP contribution in [0.1, 0.15) is 51.8 Å². The summed E-state index contributed by atoms with van der Waals surface area (Å²) in [5.41, 5.74) is 2.55. The lowest BCUT2D eigenvalue weighted by atomic mass is 10.1. The van der Waals surface area contributed by atoms with Gasteiger partial charge in [0.15, 0.2) is 0 Å². The summed E-state index contributed by atoms with van der Waals surface area (Å²) in [6.45, 7) is 11.0. The third kappa shape index (κ3) is 4.70. The molecule has 0 saturated heterocycles. The van der Waals surface area contributed by atoms with E-state index in [9.17, 15) is 0 Å². The molecule has 1 aromatic heterocycles. The number of rotatable bonds is 8. The number of hydrogen-bond donors (Lipinski definition) is 1. The first-order chi connectivity index (χ1) is 10.0. The van der Waals surface area contributed by atoms with E-state index < -0.39 is 0 Å². The zero-order chi connectivity index (χ0) is 15.4. The molecule has 0 spiro atoms. The molecule has 1 heterocycles. The van der Waals surface area contributed by atoms with Crippen molar-refractivity contribution in [2.75, 3.05) is 18.5 Å². The van der Waals surface area contributed by atoms with Gasteiger partial charge in [0.05, 0.1) is 0 Å². The lowest BCUT2D eigenvalue weighted by Crippen LogP contribution is -2.31. The predicted octanol–water partition coefficient (Wildman–Crippen LogP) is 3.62. The molecule has 21 heavy (non-hydrogen) atoms. The lowest BCUT2D eigenvalue weighted by molar-refractivity contribution is 0.551. The second-order valence-electron chi connectivity index (χ2n) is 6.89. The second-order valence-corrected chi connectivity index (χ2v) is 6.89. The Kier molecular flexibility index (Phi) is 5.63. The van der Waals surface area contributed by atoms with Crippen LogP contribution in [0.4, 0.5) is 5.82 Å². The molecule has 1 aliphatic carbocycles. The molecule has 2 rings (SSSR count). The largest absolute Gasteiger partial charge is 0.357 e. The average molecular weight is 289 g/mol. The van der Waals surface area contributed by atoms with Gasteiger partial charge in [-0.15, -0.1) is 0 Å². The number of anilines is 1. The van der Waals surface area contributed by atoms with Gasteiger partial charge in [0.1, 0.15) is 5.82 Å². The highest BCUT2D eigenvalue weighted by Gasteiger charge is 2.31. The van der Waals surface area contributed by atoms with E-state index in [2.05, 4.69) is 57.1 Å². The minimum absolute atomic E-state index is 0.598. The number of aryl methyl sites for hydroxylation is 1. The van der Waals surface area contributed by atoms with Gasteiger partial charge in [0, 0.05) is 25.3 Å². The summed E-state index contributed by atoms with van der Waals surface area (Å²) in [4.78, 5) is 7.19. The van der Waals surface area contributed by atoms with Crippen LogP contribution in [0.3, 0.4) is 0 Å². The van der Waals surface area contributed by atoms with E-state index in [1.807, 2.05) is 0 Å². The monoisotopic (exact) mass is 289 g/mol. The summed E-state index contributed by atoms with van der Waals surface area (Å²) in [6.07, 6.45) is 3.75. The van der Waals surface area contributed by atoms with Crippen molar-refractivity contribution in [3.05, 3.63) is 23.4 Å². The van der Waals surface area contributed by atoms with Crippen molar-refractivity contribution >= 4 is 5.82 Å². The SMILES string of the molecule is CCc1cc(CNCC(C)C)cc(N(C)C(C)C2CC2)n1. The molecule has 0 bridgehead atoms. The highest BCUT2D eigenvalue weighted by atomic mass is 15.2. The van der Waals surface area contributed by atoms with E-state index >= 15 is 0 Å². The Morgan fingerprint density at radius 2 is 2.00 bits per heavy atom. The Labute approximate surface area is 130 Å². The van der Waals surface area contributed by atoms with Crippen LogP contribution in [0.15, 0.2) is 12.1 Å². The van der Waals surface area contributed by atoms with Gasteiger partial charge in [-0.1, -0.05) is 20.8 Å². The smallest absolute Gasteiger partial charge is 0.129 e. The molecule has 1 atom stereocenters. The number of aromatic nitrogens is 1. The third-order valence-electron chi connectivity index (χ3n) is 4.45. The summed E-state index contributed by atoms with van der Waals surface area (Å²) in [5.74, 6) is 2.69. The average Bonchev–Trinajstić information content (AvgIpc) is 3.29. The molecule has 3 nitrogen and oxygen atoms in total. The van der Waals surface area contributed by atoms with E-state index in [0.717, 1.165) is 31.2 Å².